The molecule has 1 heterocycles. The summed E-state index contributed by atoms with van der Waals surface area (Å²) in [5.74, 6) is 1.02. The van der Waals surface area contributed by atoms with Crippen LogP contribution in [-0.2, 0) is 13.0 Å². The van der Waals surface area contributed by atoms with Crippen LogP contribution in [-0.4, -0.2) is 14.5 Å². The summed E-state index contributed by atoms with van der Waals surface area (Å²) < 4.78 is 7.74. The first-order chi connectivity index (χ1) is 12.1. The third-order valence-corrected chi connectivity index (χ3v) is 4.01. The van der Waals surface area contributed by atoms with Gasteiger partial charge in [0.2, 0.25) is 0 Å². The summed E-state index contributed by atoms with van der Waals surface area (Å²) in [5, 5.41) is 10.9. The molecular weight excluding hydrogens is 342 g/mol. The minimum atomic E-state index is -0.492. The number of rotatable bonds is 7. The van der Waals surface area contributed by atoms with E-state index in [1.807, 2.05) is 41.4 Å². The number of hydrogen-bond acceptors (Lipinski definition) is 4. The van der Waals surface area contributed by atoms with Crippen LogP contribution in [0.25, 0.3) is 0 Å². The first-order valence-electron chi connectivity index (χ1n) is 7.78. The third kappa shape index (κ3) is 4.58. The van der Waals surface area contributed by atoms with E-state index in [-0.39, 0.29) is 10.7 Å². The maximum atomic E-state index is 10.7. The maximum Gasteiger partial charge on any atom is 0.271 e. The first kappa shape index (κ1) is 17.0. The lowest BCUT2D eigenvalue weighted by atomic mass is 10.1. The van der Waals surface area contributed by atoms with Crippen LogP contribution in [0.3, 0.4) is 0 Å². The van der Waals surface area contributed by atoms with Crippen molar-refractivity contribution >= 4 is 17.3 Å². The second-order valence-corrected chi connectivity index (χ2v) is 5.93. The van der Waals surface area contributed by atoms with Crippen LogP contribution in [0, 0.1) is 10.1 Å². The predicted molar refractivity (Wildman–Crippen MR) is 95.2 cm³/mol. The van der Waals surface area contributed by atoms with Crippen molar-refractivity contribution in [3.05, 3.63) is 81.9 Å². The summed E-state index contributed by atoms with van der Waals surface area (Å²) in [6.07, 6.45) is 7.51. The number of ether oxygens (including phenoxy) is 1. The van der Waals surface area contributed by atoms with Gasteiger partial charge in [-0.15, -0.1) is 0 Å². The number of aromatic nitrogens is 2. The Hall–Kier alpha value is -2.86. The van der Waals surface area contributed by atoms with Crippen molar-refractivity contribution in [2.24, 2.45) is 0 Å². The highest BCUT2D eigenvalue weighted by atomic mass is 35.5. The number of benzene rings is 2. The molecule has 0 amide bonds. The van der Waals surface area contributed by atoms with Gasteiger partial charge in [-0.05, 0) is 36.6 Å². The van der Waals surface area contributed by atoms with Crippen molar-refractivity contribution in [2.75, 3.05) is 0 Å². The molecule has 25 heavy (non-hydrogen) atoms. The highest BCUT2D eigenvalue weighted by Crippen LogP contribution is 2.32. The van der Waals surface area contributed by atoms with Gasteiger partial charge < -0.3 is 9.30 Å². The van der Waals surface area contributed by atoms with Gasteiger partial charge >= 0.3 is 0 Å². The fourth-order valence-corrected chi connectivity index (χ4v) is 2.64. The zero-order valence-corrected chi connectivity index (χ0v) is 14.1. The van der Waals surface area contributed by atoms with Gasteiger partial charge in [0.1, 0.15) is 11.5 Å². The molecule has 0 unspecified atom stereocenters. The van der Waals surface area contributed by atoms with Gasteiger partial charge in [-0.3, -0.25) is 10.1 Å². The van der Waals surface area contributed by atoms with E-state index in [1.54, 1.807) is 6.20 Å². The summed E-state index contributed by atoms with van der Waals surface area (Å²) >= 11 is 6.04. The van der Waals surface area contributed by atoms with E-state index >= 15 is 0 Å². The lowest BCUT2D eigenvalue weighted by Gasteiger charge is -2.08. The van der Waals surface area contributed by atoms with Gasteiger partial charge in [0, 0.05) is 31.1 Å². The van der Waals surface area contributed by atoms with Gasteiger partial charge in [-0.25, -0.2) is 4.98 Å². The Bertz CT molecular complexity index is 849. The third-order valence-electron chi connectivity index (χ3n) is 3.72. The summed E-state index contributed by atoms with van der Waals surface area (Å²) in [7, 11) is 0. The Balaban J connectivity index is 1.58. The second-order valence-electron chi connectivity index (χ2n) is 5.52. The number of hydrogen-bond donors (Lipinski definition) is 0. The molecule has 128 valence electrons. The van der Waals surface area contributed by atoms with Crippen LogP contribution >= 0.6 is 11.6 Å². The number of halogens is 1. The molecule has 3 aromatic rings. The van der Waals surface area contributed by atoms with E-state index in [1.165, 1.54) is 23.8 Å². The molecule has 0 saturated heterocycles. The summed E-state index contributed by atoms with van der Waals surface area (Å²) in [6, 6.07) is 11.9. The summed E-state index contributed by atoms with van der Waals surface area (Å²) in [5.41, 5.74) is 1.15. The Labute approximate surface area is 149 Å². The highest BCUT2D eigenvalue weighted by Gasteiger charge is 2.11. The Kier molecular flexibility index (Phi) is 5.30. The average Bonchev–Trinajstić information content (AvgIpc) is 3.11. The van der Waals surface area contributed by atoms with Crippen molar-refractivity contribution < 1.29 is 9.66 Å². The van der Waals surface area contributed by atoms with Gasteiger partial charge in [-0.1, -0.05) is 23.7 Å². The Morgan fingerprint density at radius 1 is 1.20 bits per heavy atom. The monoisotopic (exact) mass is 357 g/mol. The van der Waals surface area contributed by atoms with E-state index in [4.69, 9.17) is 16.3 Å². The Morgan fingerprint density at radius 3 is 2.64 bits per heavy atom. The lowest BCUT2D eigenvalue weighted by molar-refractivity contribution is -0.384. The largest absolute Gasteiger partial charge is 0.456 e. The molecule has 0 N–H and O–H groups in total. The number of non-ortho nitro benzene ring substituents is 1. The number of nitro groups is 1. The van der Waals surface area contributed by atoms with Crippen LogP contribution in [0.2, 0.25) is 5.02 Å². The quantitative estimate of drug-likeness (QED) is 0.446. The average molecular weight is 358 g/mol. The lowest BCUT2D eigenvalue weighted by Crippen LogP contribution is -1.96. The summed E-state index contributed by atoms with van der Waals surface area (Å²) in [6.45, 7) is 0.927. The van der Waals surface area contributed by atoms with Crippen LogP contribution in [0.5, 0.6) is 11.5 Å². The zero-order chi connectivity index (χ0) is 17.6. The zero-order valence-electron chi connectivity index (χ0n) is 13.3. The van der Waals surface area contributed by atoms with Crippen LogP contribution in [0.1, 0.15) is 12.0 Å². The predicted octanol–water partition coefficient (Wildman–Crippen LogP) is 4.87. The van der Waals surface area contributed by atoms with Gasteiger partial charge in [0.05, 0.1) is 16.3 Å². The van der Waals surface area contributed by atoms with E-state index in [0.29, 0.717) is 11.5 Å². The molecule has 6 nitrogen and oxygen atoms in total. The van der Waals surface area contributed by atoms with Crippen molar-refractivity contribution in [1.82, 2.24) is 9.55 Å². The standard InChI is InChI=1S/C18H16ClN3O3/c19-17-12-15(22(23)24)5-8-18(17)25-16-6-3-14(4-7-16)2-1-10-21-11-9-20-13-21/h3-9,11-13H,1-2,10H2. The molecular formula is C18H16ClN3O3. The van der Waals surface area contributed by atoms with E-state index < -0.39 is 4.92 Å². The molecule has 0 aliphatic carbocycles. The minimum Gasteiger partial charge on any atom is -0.456 e. The van der Waals surface area contributed by atoms with Gasteiger partial charge in [0.15, 0.2) is 0 Å². The number of nitrogens with zero attached hydrogens (tertiary/aromatic N) is 3. The highest BCUT2D eigenvalue weighted by molar-refractivity contribution is 6.32. The SMILES string of the molecule is O=[N+]([O-])c1ccc(Oc2ccc(CCCn3ccnc3)cc2)c(Cl)c1. The molecule has 0 radical (unpaired) electrons. The molecule has 2 aromatic carbocycles. The molecule has 0 spiro atoms. The number of nitro benzene ring substituents is 1. The van der Waals surface area contributed by atoms with E-state index in [9.17, 15) is 10.1 Å². The second kappa shape index (κ2) is 7.81. The topological polar surface area (TPSA) is 70.2 Å². The van der Waals surface area contributed by atoms with Crippen molar-refractivity contribution in [3.8, 4) is 11.5 Å². The Morgan fingerprint density at radius 2 is 2.00 bits per heavy atom. The van der Waals surface area contributed by atoms with Crippen LogP contribution in [0.4, 0.5) is 5.69 Å². The van der Waals surface area contributed by atoms with Gasteiger partial charge in [0.25, 0.3) is 5.69 Å². The minimum absolute atomic E-state index is 0.0643. The molecule has 0 saturated carbocycles. The molecule has 0 atom stereocenters. The smallest absolute Gasteiger partial charge is 0.271 e. The molecule has 1 aromatic heterocycles. The van der Waals surface area contributed by atoms with Crippen molar-refractivity contribution in [3.63, 3.8) is 0 Å². The normalized spacial score (nSPS) is 10.6. The molecule has 0 aliphatic rings. The van der Waals surface area contributed by atoms with Crippen LogP contribution in [0.15, 0.2) is 61.2 Å². The maximum absolute atomic E-state index is 10.7. The van der Waals surface area contributed by atoms with Gasteiger partial charge in [-0.2, -0.15) is 0 Å². The van der Waals surface area contributed by atoms with Crippen molar-refractivity contribution in [1.29, 1.82) is 0 Å². The molecule has 0 bridgehead atoms. The number of aryl methyl sites for hydroxylation is 2. The number of imidazole rings is 1. The molecule has 0 aliphatic heterocycles. The molecule has 0 fully saturated rings. The fraction of sp³-hybridized carbons (Fsp3) is 0.167. The summed E-state index contributed by atoms with van der Waals surface area (Å²) in [4.78, 5) is 14.3. The first-order valence-corrected chi connectivity index (χ1v) is 8.16. The van der Waals surface area contributed by atoms with Crippen molar-refractivity contribution in [2.45, 2.75) is 19.4 Å². The molecule has 7 heteroatoms. The fourth-order valence-electron chi connectivity index (χ4n) is 2.42. The van der Waals surface area contributed by atoms with Crippen LogP contribution < -0.4 is 4.74 Å². The van der Waals surface area contributed by atoms with E-state index in [2.05, 4.69) is 4.98 Å². The van der Waals surface area contributed by atoms with E-state index in [0.717, 1.165) is 19.4 Å². The molecule has 3 rings (SSSR count).